The quantitative estimate of drug-likeness (QED) is 0.625. The number of amides is 1. The van der Waals surface area contributed by atoms with E-state index in [-0.39, 0.29) is 10.1 Å². The number of sulfonamides is 1. The Kier molecular flexibility index (Phi) is 5.29. The minimum Gasteiger partial charge on any atom is -0.457 e. The minimum absolute atomic E-state index is 0.00490. The Morgan fingerprint density at radius 1 is 1.10 bits per heavy atom. The van der Waals surface area contributed by atoms with Gasteiger partial charge in [0.05, 0.1) is 15.5 Å². The highest BCUT2D eigenvalue weighted by Gasteiger charge is 2.24. The molecule has 1 aliphatic heterocycles. The van der Waals surface area contributed by atoms with Crippen molar-refractivity contribution < 1.29 is 22.0 Å². The van der Waals surface area contributed by atoms with Gasteiger partial charge in [-0.2, -0.15) is 0 Å². The molecule has 0 unspecified atom stereocenters. The molecule has 2 heterocycles. The maximum atomic E-state index is 13.4. The van der Waals surface area contributed by atoms with Crippen molar-refractivity contribution in [1.29, 1.82) is 0 Å². The van der Waals surface area contributed by atoms with Crippen LogP contribution in [0, 0.1) is 5.82 Å². The van der Waals surface area contributed by atoms with Crippen LogP contribution in [0.2, 0.25) is 0 Å². The van der Waals surface area contributed by atoms with Gasteiger partial charge in [0.25, 0.3) is 5.24 Å². The van der Waals surface area contributed by atoms with Gasteiger partial charge < -0.3 is 9.73 Å². The van der Waals surface area contributed by atoms with E-state index < -0.39 is 15.8 Å². The fraction of sp³-hybridized carbons (Fsp3) is 0. The van der Waals surface area contributed by atoms with Crippen LogP contribution >= 0.6 is 11.8 Å². The summed E-state index contributed by atoms with van der Waals surface area (Å²) in [5, 5.41) is 7.42. The Morgan fingerprint density at radius 3 is 2.57 bits per heavy atom. The molecule has 0 bridgehead atoms. The van der Waals surface area contributed by atoms with E-state index in [0.717, 1.165) is 11.8 Å². The Bertz CT molecular complexity index is 1300. The predicted octanol–water partition coefficient (Wildman–Crippen LogP) is 4.26. The number of carbonyl (C=O) groups excluding carboxylic acids is 1. The number of hydrogen-bond donors (Lipinski definition) is 2. The maximum absolute atomic E-state index is 13.4. The van der Waals surface area contributed by atoms with Crippen LogP contribution < -0.4 is 10.5 Å². The van der Waals surface area contributed by atoms with Crippen LogP contribution in [0.1, 0.15) is 5.76 Å². The summed E-state index contributed by atoms with van der Waals surface area (Å²) in [6.45, 7) is 0. The molecule has 0 spiro atoms. The van der Waals surface area contributed by atoms with E-state index in [0.29, 0.717) is 33.5 Å². The highest BCUT2D eigenvalue weighted by atomic mass is 32.2. The number of primary sulfonamides is 1. The molecule has 1 aromatic heterocycles. The molecule has 30 heavy (non-hydrogen) atoms. The standard InChI is InChI=1S/C20H14FN3O4S2/c21-13-2-1-3-14(10-13)23-19-18(29-20(25)24-19)11-15-6-9-17(28-15)12-4-7-16(8-5-12)30(22,26)27/h1-11H,(H2,22,26,27)(H,23,24,25)/b18-11+. The summed E-state index contributed by atoms with van der Waals surface area (Å²) in [5.41, 5.74) is 1.03. The summed E-state index contributed by atoms with van der Waals surface area (Å²) in [5.74, 6) is 0.842. The number of furan rings is 1. The van der Waals surface area contributed by atoms with Crippen molar-refractivity contribution in [2.24, 2.45) is 10.1 Å². The second kappa shape index (κ2) is 7.90. The molecule has 1 amide bonds. The van der Waals surface area contributed by atoms with Crippen molar-refractivity contribution in [2.75, 3.05) is 0 Å². The van der Waals surface area contributed by atoms with Gasteiger partial charge in [0, 0.05) is 5.56 Å². The molecular weight excluding hydrogens is 429 g/mol. The minimum atomic E-state index is -3.77. The summed E-state index contributed by atoms with van der Waals surface area (Å²) < 4.78 is 41.9. The summed E-state index contributed by atoms with van der Waals surface area (Å²) in [6, 6.07) is 15.1. The third-order valence-corrected chi connectivity index (χ3v) is 5.82. The molecule has 1 fully saturated rings. The van der Waals surface area contributed by atoms with Crippen LogP contribution in [-0.2, 0) is 10.0 Å². The zero-order chi connectivity index (χ0) is 21.3. The van der Waals surface area contributed by atoms with Crippen LogP contribution in [0.5, 0.6) is 0 Å². The maximum Gasteiger partial charge on any atom is 0.289 e. The van der Waals surface area contributed by atoms with E-state index in [9.17, 15) is 17.6 Å². The van der Waals surface area contributed by atoms with Crippen molar-refractivity contribution in [3.8, 4) is 11.3 Å². The monoisotopic (exact) mass is 443 g/mol. The van der Waals surface area contributed by atoms with Gasteiger partial charge in [-0.3, -0.25) is 4.79 Å². The largest absolute Gasteiger partial charge is 0.457 e. The van der Waals surface area contributed by atoms with Crippen molar-refractivity contribution in [2.45, 2.75) is 4.90 Å². The third-order valence-electron chi connectivity index (χ3n) is 4.07. The van der Waals surface area contributed by atoms with Gasteiger partial charge >= 0.3 is 0 Å². The molecule has 7 nitrogen and oxygen atoms in total. The molecule has 2 aromatic carbocycles. The molecule has 10 heteroatoms. The molecule has 1 saturated heterocycles. The first-order chi connectivity index (χ1) is 14.3. The number of benzene rings is 2. The molecule has 3 N–H and O–H groups in total. The SMILES string of the molecule is NS(=O)(=O)c1ccc(-c2ccc(/C=C3/SC(=O)NC3=Nc3cccc(F)c3)o2)cc1. The summed E-state index contributed by atoms with van der Waals surface area (Å²) >= 11 is 0.948. The van der Waals surface area contributed by atoms with Gasteiger partial charge in [0.1, 0.15) is 23.2 Å². The Labute approximate surface area is 175 Å². The lowest BCUT2D eigenvalue weighted by molar-refractivity contribution is 0.265. The molecule has 4 rings (SSSR count). The Balaban J connectivity index is 1.61. The van der Waals surface area contributed by atoms with E-state index in [1.54, 1.807) is 36.4 Å². The molecule has 3 aromatic rings. The van der Waals surface area contributed by atoms with Gasteiger partial charge in [-0.05, 0) is 72.4 Å². The lowest BCUT2D eigenvalue weighted by Crippen LogP contribution is -2.18. The number of aliphatic imine (C=N–C) groups is 1. The summed E-state index contributed by atoms with van der Waals surface area (Å²) in [6.07, 6.45) is 1.64. The van der Waals surface area contributed by atoms with Gasteiger partial charge in [-0.25, -0.2) is 22.9 Å². The molecular formula is C20H14FN3O4S2. The molecule has 0 radical (unpaired) electrons. The zero-order valence-corrected chi connectivity index (χ0v) is 16.8. The van der Waals surface area contributed by atoms with Gasteiger partial charge in [0.2, 0.25) is 10.0 Å². The zero-order valence-electron chi connectivity index (χ0n) is 15.2. The van der Waals surface area contributed by atoms with E-state index in [1.807, 2.05) is 0 Å². The fourth-order valence-electron chi connectivity index (χ4n) is 2.71. The Hall–Kier alpha value is -3.21. The third kappa shape index (κ3) is 4.51. The average Bonchev–Trinajstić information content (AvgIpc) is 3.28. The molecule has 0 saturated carbocycles. The van der Waals surface area contributed by atoms with Crippen LogP contribution in [0.3, 0.4) is 0 Å². The highest BCUT2D eigenvalue weighted by molar-refractivity contribution is 8.18. The van der Waals surface area contributed by atoms with E-state index in [2.05, 4.69) is 10.3 Å². The molecule has 1 aliphatic rings. The molecule has 0 atom stereocenters. The first-order valence-corrected chi connectivity index (χ1v) is 10.9. The summed E-state index contributed by atoms with van der Waals surface area (Å²) in [4.78, 5) is 16.6. The second-order valence-electron chi connectivity index (χ2n) is 6.23. The predicted molar refractivity (Wildman–Crippen MR) is 113 cm³/mol. The summed E-state index contributed by atoms with van der Waals surface area (Å²) in [7, 11) is -3.77. The molecule has 152 valence electrons. The van der Waals surface area contributed by atoms with Crippen LogP contribution in [0.25, 0.3) is 17.4 Å². The Morgan fingerprint density at radius 2 is 1.87 bits per heavy atom. The van der Waals surface area contributed by atoms with Gasteiger partial charge in [-0.1, -0.05) is 6.07 Å². The fourth-order valence-corrected chi connectivity index (χ4v) is 3.94. The van der Waals surface area contributed by atoms with Gasteiger partial charge in [-0.15, -0.1) is 0 Å². The molecule has 0 aliphatic carbocycles. The number of rotatable bonds is 4. The van der Waals surface area contributed by atoms with Crippen molar-refractivity contribution in [3.05, 3.63) is 77.1 Å². The topological polar surface area (TPSA) is 115 Å². The normalized spacial score (nSPS) is 16.9. The number of nitrogens with one attached hydrogen (secondary N) is 1. The number of halogens is 1. The number of amidine groups is 1. The number of nitrogens with two attached hydrogens (primary N) is 1. The number of nitrogens with zero attached hydrogens (tertiary/aromatic N) is 1. The van der Waals surface area contributed by atoms with E-state index in [1.165, 1.54) is 30.3 Å². The number of thioether (sulfide) groups is 1. The number of carbonyl (C=O) groups is 1. The van der Waals surface area contributed by atoms with Gasteiger partial charge in [0.15, 0.2) is 0 Å². The van der Waals surface area contributed by atoms with Crippen molar-refractivity contribution >= 4 is 44.6 Å². The number of hydrogen-bond acceptors (Lipinski definition) is 6. The van der Waals surface area contributed by atoms with Crippen LogP contribution in [0.15, 0.2) is 79.9 Å². The first kappa shape index (κ1) is 20.1. The smallest absolute Gasteiger partial charge is 0.289 e. The average molecular weight is 443 g/mol. The van der Waals surface area contributed by atoms with Crippen molar-refractivity contribution in [3.63, 3.8) is 0 Å². The highest BCUT2D eigenvalue weighted by Crippen LogP contribution is 2.30. The lowest BCUT2D eigenvalue weighted by atomic mass is 10.2. The van der Waals surface area contributed by atoms with Crippen molar-refractivity contribution in [1.82, 2.24) is 5.32 Å². The second-order valence-corrected chi connectivity index (χ2v) is 8.81. The lowest BCUT2D eigenvalue weighted by Gasteiger charge is -2.01. The van der Waals surface area contributed by atoms with Crippen LogP contribution in [0.4, 0.5) is 14.9 Å². The van der Waals surface area contributed by atoms with Crippen LogP contribution in [-0.4, -0.2) is 19.5 Å². The van der Waals surface area contributed by atoms with E-state index in [4.69, 9.17) is 9.56 Å². The first-order valence-electron chi connectivity index (χ1n) is 8.56. The van der Waals surface area contributed by atoms with E-state index >= 15 is 0 Å².